The number of methoxy groups -OCH3 is 1. The Balaban J connectivity index is 1.68. The molecule has 0 heterocycles. The summed E-state index contributed by atoms with van der Waals surface area (Å²) in [6.07, 6.45) is 4.23. The molecule has 0 aromatic heterocycles. The highest BCUT2D eigenvalue weighted by Gasteiger charge is 2.29. The zero-order valence-corrected chi connectivity index (χ0v) is 20.3. The monoisotopic (exact) mass is 489 g/mol. The molecule has 0 spiro atoms. The van der Waals surface area contributed by atoms with Gasteiger partial charge in [-0.2, -0.15) is 4.31 Å². The van der Waals surface area contributed by atoms with Crippen LogP contribution in [0, 0.1) is 0 Å². The van der Waals surface area contributed by atoms with Gasteiger partial charge in [-0.3, -0.25) is 10.1 Å². The van der Waals surface area contributed by atoms with Crippen molar-refractivity contribution in [3.8, 4) is 0 Å². The average molecular weight is 490 g/mol. The Morgan fingerprint density at radius 2 is 1.65 bits per heavy atom. The lowest BCUT2D eigenvalue weighted by atomic mass is 9.96. The first-order valence-corrected chi connectivity index (χ1v) is 12.7. The van der Waals surface area contributed by atoms with Crippen LogP contribution in [0.15, 0.2) is 53.4 Å². The summed E-state index contributed by atoms with van der Waals surface area (Å²) in [6, 6.07) is 12.6. The number of amides is 2. The number of nitrogens with zero attached hydrogens (tertiary/aromatic N) is 1. The maximum absolute atomic E-state index is 13.1. The van der Waals surface area contributed by atoms with E-state index in [4.69, 9.17) is 9.47 Å². The number of hydrogen-bond donors (Lipinski definition) is 2. The third-order valence-corrected chi connectivity index (χ3v) is 7.66. The van der Waals surface area contributed by atoms with Crippen molar-refractivity contribution in [3.63, 3.8) is 0 Å². The average Bonchev–Trinajstić information content (AvgIpc) is 2.84. The van der Waals surface area contributed by atoms with Gasteiger partial charge >= 0.3 is 6.09 Å². The Morgan fingerprint density at radius 3 is 2.35 bits per heavy atom. The smallest absolute Gasteiger partial charge is 0.411 e. The number of rotatable bonds is 9. The molecule has 1 saturated carbocycles. The van der Waals surface area contributed by atoms with Crippen molar-refractivity contribution in [2.24, 2.45) is 0 Å². The largest absolute Gasteiger partial charge is 0.447 e. The Kier molecular flexibility index (Phi) is 9.03. The van der Waals surface area contributed by atoms with E-state index in [2.05, 4.69) is 10.6 Å². The summed E-state index contributed by atoms with van der Waals surface area (Å²) < 4.78 is 37.5. The molecule has 0 saturated heterocycles. The van der Waals surface area contributed by atoms with Crippen LogP contribution in [0.2, 0.25) is 0 Å². The number of benzene rings is 2. The van der Waals surface area contributed by atoms with E-state index >= 15 is 0 Å². The van der Waals surface area contributed by atoms with Crippen molar-refractivity contribution in [2.75, 3.05) is 38.0 Å². The number of ether oxygens (including phenoxy) is 2. The number of carbonyl (C=O) groups is 2. The summed E-state index contributed by atoms with van der Waals surface area (Å²) in [4.78, 5) is 24.7. The minimum atomic E-state index is -3.71. The Labute approximate surface area is 200 Å². The van der Waals surface area contributed by atoms with Crippen LogP contribution < -0.4 is 10.6 Å². The Hall–Kier alpha value is -2.95. The standard InChI is InChI=1S/C24H31N3O6S/c1-27(21-11-4-3-5-12-21)34(30,31)22-13-6-8-18(16-22)23(28)25-19-9-7-10-20(17-19)26-24(29)33-15-14-32-2/h6-10,13,16-17,21H,3-5,11-12,14-15H2,1-2H3,(H,25,28)(H,26,29). The van der Waals surface area contributed by atoms with E-state index in [-0.39, 0.29) is 29.7 Å². The van der Waals surface area contributed by atoms with Gasteiger partial charge in [0, 0.05) is 37.1 Å². The fourth-order valence-corrected chi connectivity index (χ4v) is 5.32. The molecule has 1 aliphatic rings. The number of sulfonamides is 1. The molecule has 0 aliphatic heterocycles. The van der Waals surface area contributed by atoms with Crippen LogP contribution in [-0.2, 0) is 19.5 Å². The van der Waals surface area contributed by atoms with Crippen LogP contribution in [-0.4, -0.2) is 58.1 Å². The van der Waals surface area contributed by atoms with Crippen LogP contribution in [0.1, 0.15) is 42.5 Å². The fourth-order valence-electron chi connectivity index (χ4n) is 3.85. The predicted octanol–water partition coefficient (Wildman–Crippen LogP) is 4.09. The molecule has 184 valence electrons. The first-order valence-electron chi connectivity index (χ1n) is 11.2. The van der Waals surface area contributed by atoms with Crippen molar-refractivity contribution in [2.45, 2.75) is 43.0 Å². The molecule has 0 unspecified atom stereocenters. The van der Waals surface area contributed by atoms with Gasteiger partial charge in [0.2, 0.25) is 10.0 Å². The number of hydrogen-bond acceptors (Lipinski definition) is 6. The quantitative estimate of drug-likeness (QED) is 0.513. The van der Waals surface area contributed by atoms with Gasteiger partial charge in [0.1, 0.15) is 6.61 Å². The highest BCUT2D eigenvalue weighted by atomic mass is 32.2. The van der Waals surface area contributed by atoms with Gasteiger partial charge in [0.25, 0.3) is 5.91 Å². The molecule has 2 aromatic rings. The molecule has 1 aliphatic carbocycles. The van der Waals surface area contributed by atoms with Crippen LogP contribution in [0.4, 0.5) is 16.2 Å². The van der Waals surface area contributed by atoms with Crippen LogP contribution >= 0.6 is 0 Å². The van der Waals surface area contributed by atoms with E-state index < -0.39 is 22.0 Å². The number of carbonyl (C=O) groups excluding carboxylic acids is 2. The molecule has 10 heteroatoms. The second-order valence-corrected chi connectivity index (χ2v) is 10.1. The molecule has 3 rings (SSSR count). The second kappa shape index (κ2) is 12.0. The molecule has 0 bridgehead atoms. The van der Waals surface area contributed by atoms with E-state index in [1.165, 1.54) is 23.5 Å². The maximum atomic E-state index is 13.1. The molecule has 0 radical (unpaired) electrons. The second-order valence-electron chi connectivity index (χ2n) is 8.13. The zero-order chi connectivity index (χ0) is 24.6. The van der Waals surface area contributed by atoms with Gasteiger partial charge in [-0.15, -0.1) is 0 Å². The molecule has 34 heavy (non-hydrogen) atoms. The van der Waals surface area contributed by atoms with E-state index in [0.29, 0.717) is 11.4 Å². The maximum Gasteiger partial charge on any atom is 0.411 e. The SMILES string of the molecule is COCCOC(=O)Nc1cccc(NC(=O)c2cccc(S(=O)(=O)N(C)C3CCCCC3)c2)c1. The van der Waals surface area contributed by atoms with Crippen molar-refractivity contribution in [1.29, 1.82) is 0 Å². The van der Waals surface area contributed by atoms with Crippen LogP contribution in [0.3, 0.4) is 0 Å². The highest BCUT2D eigenvalue weighted by molar-refractivity contribution is 7.89. The fraction of sp³-hybridized carbons (Fsp3) is 0.417. The van der Waals surface area contributed by atoms with Crippen molar-refractivity contribution in [3.05, 3.63) is 54.1 Å². The summed E-state index contributed by atoms with van der Waals surface area (Å²) in [7, 11) is -0.599. The lowest BCUT2D eigenvalue weighted by Crippen LogP contribution is -2.38. The van der Waals surface area contributed by atoms with Crippen molar-refractivity contribution in [1.82, 2.24) is 4.31 Å². The van der Waals surface area contributed by atoms with Gasteiger partial charge in [-0.05, 0) is 49.2 Å². The molecular formula is C24H31N3O6S. The third kappa shape index (κ3) is 6.78. The number of nitrogens with one attached hydrogen (secondary N) is 2. The van der Waals surface area contributed by atoms with Crippen LogP contribution in [0.5, 0.6) is 0 Å². The molecular weight excluding hydrogens is 458 g/mol. The molecule has 9 nitrogen and oxygen atoms in total. The van der Waals surface area contributed by atoms with E-state index in [1.54, 1.807) is 43.4 Å². The minimum absolute atomic E-state index is 0.0207. The Morgan fingerprint density at radius 1 is 0.971 bits per heavy atom. The van der Waals surface area contributed by atoms with Crippen LogP contribution in [0.25, 0.3) is 0 Å². The Bertz CT molecular complexity index is 1100. The third-order valence-electron chi connectivity index (χ3n) is 5.75. The topological polar surface area (TPSA) is 114 Å². The molecule has 1 fully saturated rings. The number of anilines is 2. The summed E-state index contributed by atoms with van der Waals surface area (Å²) in [5.41, 5.74) is 1.09. The molecule has 0 atom stereocenters. The normalized spacial score (nSPS) is 14.6. The van der Waals surface area contributed by atoms with Gasteiger partial charge in [-0.25, -0.2) is 13.2 Å². The lowest BCUT2D eigenvalue weighted by Gasteiger charge is -2.30. The zero-order valence-electron chi connectivity index (χ0n) is 19.5. The van der Waals surface area contributed by atoms with Crippen molar-refractivity contribution >= 4 is 33.4 Å². The molecule has 2 N–H and O–H groups in total. The highest BCUT2D eigenvalue weighted by Crippen LogP contribution is 2.27. The van der Waals surface area contributed by atoms with Gasteiger partial charge < -0.3 is 14.8 Å². The predicted molar refractivity (Wildman–Crippen MR) is 130 cm³/mol. The molecule has 2 aromatic carbocycles. The van der Waals surface area contributed by atoms with Crippen molar-refractivity contribution < 1.29 is 27.5 Å². The first kappa shape index (κ1) is 25.7. The summed E-state index contributed by atoms with van der Waals surface area (Å²) in [5, 5.41) is 5.31. The van der Waals surface area contributed by atoms with Gasteiger partial charge in [0.05, 0.1) is 11.5 Å². The molecule has 2 amide bonds. The first-order chi connectivity index (χ1) is 16.3. The van der Waals surface area contributed by atoms with E-state index in [1.807, 2.05) is 0 Å². The summed E-state index contributed by atoms with van der Waals surface area (Å²) in [5.74, 6) is -0.461. The van der Waals surface area contributed by atoms with Gasteiger partial charge in [0.15, 0.2) is 0 Å². The lowest BCUT2D eigenvalue weighted by molar-refractivity contribution is 0.102. The minimum Gasteiger partial charge on any atom is -0.447 e. The van der Waals surface area contributed by atoms with E-state index in [0.717, 1.165) is 32.1 Å². The summed E-state index contributed by atoms with van der Waals surface area (Å²) >= 11 is 0. The van der Waals surface area contributed by atoms with E-state index in [9.17, 15) is 18.0 Å². The van der Waals surface area contributed by atoms with Gasteiger partial charge in [-0.1, -0.05) is 31.4 Å². The summed E-state index contributed by atoms with van der Waals surface area (Å²) in [6.45, 7) is 0.405.